The first-order valence-electron chi connectivity index (χ1n) is 12.4. The van der Waals surface area contributed by atoms with Gasteiger partial charge in [-0.1, -0.05) is 26.8 Å². The largest absolute Gasteiger partial charge is 0.493 e. The van der Waals surface area contributed by atoms with E-state index in [0.29, 0.717) is 5.69 Å². The molecule has 3 aromatic rings. The Morgan fingerprint density at radius 2 is 1.50 bits per heavy atom. The maximum Gasteiger partial charge on any atom is 0.344 e. The number of methoxy groups -OCH3 is 3. The van der Waals surface area contributed by atoms with Crippen LogP contribution in [0.4, 0.5) is 11.4 Å². The topological polar surface area (TPSA) is 168 Å². The van der Waals surface area contributed by atoms with Crippen molar-refractivity contribution in [3.63, 3.8) is 0 Å². The number of hydrogen-bond donors (Lipinski definition) is 2. The van der Waals surface area contributed by atoms with Gasteiger partial charge in [0, 0.05) is 28.3 Å². The predicted octanol–water partition coefficient (Wildman–Crippen LogP) is 4.59. The molecule has 0 aliphatic carbocycles. The van der Waals surface area contributed by atoms with E-state index < -0.39 is 33.7 Å². The van der Waals surface area contributed by atoms with Crippen LogP contribution in [0.1, 0.15) is 47.1 Å². The summed E-state index contributed by atoms with van der Waals surface area (Å²) in [4.78, 5) is 48.8. The van der Waals surface area contributed by atoms with Gasteiger partial charge < -0.3 is 24.3 Å². The molecule has 0 fully saturated rings. The molecule has 13 nitrogen and oxygen atoms in total. The molecular formula is C29H30N4O9. The van der Waals surface area contributed by atoms with Crippen molar-refractivity contribution in [3.05, 3.63) is 81.4 Å². The van der Waals surface area contributed by atoms with E-state index in [1.807, 2.05) is 0 Å². The lowest BCUT2D eigenvalue weighted by atomic mass is 9.95. The number of hydrogen-bond acceptors (Lipinski definition) is 10. The summed E-state index contributed by atoms with van der Waals surface area (Å²) in [6.45, 7) is 5.34. The molecule has 0 spiro atoms. The van der Waals surface area contributed by atoms with Crippen molar-refractivity contribution < 1.29 is 38.3 Å². The van der Waals surface area contributed by atoms with E-state index in [2.05, 4.69) is 15.8 Å². The van der Waals surface area contributed by atoms with Gasteiger partial charge >= 0.3 is 11.7 Å². The fraction of sp³-hybridized carbons (Fsp3) is 0.241. The van der Waals surface area contributed by atoms with Gasteiger partial charge in [0.2, 0.25) is 17.4 Å². The van der Waals surface area contributed by atoms with Gasteiger partial charge in [-0.25, -0.2) is 10.2 Å². The van der Waals surface area contributed by atoms with Crippen LogP contribution in [0.15, 0.2) is 59.7 Å². The average Bonchev–Trinajstić information content (AvgIpc) is 2.96. The second kappa shape index (κ2) is 13.3. The van der Waals surface area contributed by atoms with Crippen LogP contribution in [0.3, 0.4) is 0 Å². The van der Waals surface area contributed by atoms with Crippen LogP contribution < -0.4 is 29.7 Å². The number of nitrogens with zero attached hydrogens (tertiary/aromatic N) is 2. The highest BCUT2D eigenvalue weighted by atomic mass is 16.6. The van der Waals surface area contributed by atoms with Crippen LogP contribution >= 0.6 is 0 Å². The van der Waals surface area contributed by atoms with E-state index in [4.69, 9.17) is 18.9 Å². The molecule has 0 bridgehead atoms. The summed E-state index contributed by atoms with van der Waals surface area (Å²) < 4.78 is 21.2. The lowest BCUT2D eigenvalue weighted by Crippen LogP contribution is -2.27. The quantitative estimate of drug-likeness (QED) is 0.115. The molecule has 0 aliphatic heterocycles. The molecule has 0 saturated heterocycles. The molecule has 2 N–H and O–H groups in total. The monoisotopic (exact) mass is 578 g/mol. The van der Waals surface area contributed by atoms with Gasteiger partial charge in [0.15, 0.2) is 11.5 Å². The number of rotatable bonds is 10. The number of amides is 2. The zero-order chi connectivity index (χ0) is 31.0. The maximum atomic E-state index is 13.1. The second-order valence-corrected chi connectivity index (χ2v) is 9.74. The van der Waals surface area contributed by atoms with Crippen molar-refractivity contribution in [3.8, 4) is 23.0 Å². The highest BCUT2D eigenvalue weighted by Gasteiger charge is 2.25. The Morgan fingerprint density at radius 3 is 2.02 bits per heavy atom. The minimum atomic E-state index is -0.944. The first kappa shape index (κ1) is 31.1. The number of anilines is 1. The minimum absolute atomic E-state index is 0.0269. The molecule has 42 heavy (non-hydrogen) atoms. The first-order valence-corrected chi connectivity index (χ1v) is 12.4. The summed E-state index contributed by atoms with van der Waals surface area (Å²) in [5.41, 5.74) is 2.02. The van der Waals surface area contributed by atoms with E-state index in [-0.39, 0.29) is 39.8 Å². The molecule has 0 unspecified atom stereocenters. The van der Waals surface area contributed by atoms with Crippen LogP contribution in [0.2, 0.25) is 0 Å². The molecule has 0 aliphatic rings. The number of ether oxygens (including phenoxy) is 4. The molecule has 3 rings (SSSR count). The predicted molar refractivity (Wildman–Crippen MR) is 154 cm³/mol. The molecule has 2 amide bonds. The summed E-state index contributed by atoms with van der Waals surface area (Å²) in [6, 6.07) is 12.8. The Hall–Kier alpha value is -5.46. The zero-order valence-electron chi connectivity index (χ0n) is 23.8. The second-order valence-electron chi connectivity index (χ2n) is 9.74. The van der Waals surface area contributed by atoms with E-state index in [0.717, 1.165) is 12.3 Å². The number of nitro benzene ring substituents is 1. The van der Waals surface area contributed by atoms with Crippen molar-refractivity contribution in [1.29, 1.82) is 0 Å². The number of nitrogens with one attached hydrogen (secondary N) is 2. The van der Waals surface area contributed by atoms with Crippen LogP contribution in [0, 0.1) is 15.5 Å². The molecule has 0 atom stereocenters. The number of para-hydroxylation sites is 1. The van der Waals surface area contributed by atoms with Gasteiger partial charge in [0.1, 0.15) is 0 Å². The van der Waals surface area contributed by atoms with Crippen LogP contribution in [-0.2, 0) is 4.79 Å². The molecule has 0 saturated carbocycles. The molecule has 0 heterocycles. The van der Waals surface area contributed by atoms with E-state index in [1.54, 1.807) is 32.9 Å². The normalized spacial score (nSPS) is 11.0. The zero-order valence-corrected chi connectivity index (χ0v) is 23.8. The fourth-order valence-corrected chi connectivity index (χ4v) is 3.50. The molecule has 13 heteroatoms. The van der Waals surface area contributed by atoms with Crippen molar-refractivity contribution >= 4 is 35.4 Å². The van der Waals surface area contributed by atoms with Gasteiger partial charge in [0.25, 0.3) is 5.91 Å². The van der Waals surface area contributed by atoms with Crippen LogP contribution in [0.25, 0.3) is 0 Å². The number of hydrazone groups is 1. The average molecular weight is 579 g/mol. The van der Waals surface area contributed by atoms with Gasteiger partial charge in [-0.2, -0.15) is 5.10 Å². The summed E-state index contributed by atoms with van der Waals surface area (Å²) in [6.07, 6.45) is 1.11. The molecular weight excluding hydrogens is 548 g/mol. The van der Waals surface area contributed by atoms with E-state index in [9.17, 15) is 24.5 Å². The molecule has 0 aromatic heterocycles. The third-order valence-corrected chi connectivity index (χ3v) is 5.77. The van der Waals surface area contributed by atoms with Gasteiger partial charge in [-0.05, 0) is 42.5 Å². The fourth-order valence-electron chi connectivity index (χ4n) is 3.50. The Balaban J connectivity index is 1.82. The lowest BCUT2D eigenvalue weighted by Gasteiger charge is -2.17. The van der Waals surface area contributed by atoms with E-state index >= 15 is 0 Å². The van der Waals surface area contributed by atoms with Crippen LogP contribution in [-0.4, -0.2) is 50.3 Å². The van der Waals surface area contributed by atoms with Gasteiger partial charge in [-0.3, -0.25) is 19.7 Å². The summed E-state index contributed by atoms with van der Waals surface area (Å²) >= 11 is 0. The SMILES string of the molecule is COc1cc(C(=O)Oc2c(/C=N/NC(=O)c3ccc(NC(=O)C(C)(C)C)cc3)cccc2[N+](=O)[O-])cc(OC)c1OC. The number of nitro groups is 1. The number of carbonyl (C=O) groups is 3. The minimum Gasteiger partial charge on any atom is -0.493 e. The maximum absolute atomic E-state index is 13.1. The molecule has 220 valence electrons. The van der Waals surface area contributed by atoms with Crippen molar-refractivity contribution in [2.75, 3.05) is 26.6 Å². The van der Waals surface area contributed by atoms with Crippen molar-refractivity contribution in [2.45, 2.75) is 20.8 Å². The summed E-state index contributed by atoms with van der Waals surface area (Å²) in [7, 11) is 4.14. The standard InChI is InChI=1S/C29H30N4O9/c1-29(2,3)28(36)31-20-12-10-17(11-13-20)26(34)32-30-16-18-8-7-9-21(33(37)38)24(18)42-27(35)19-14-22(39-4)25(41-6)23(15-19)40-5/h7-16H,1-6H3,(H,31,36)(H,32,34)/b30-16+. The Bertz CT molecular complexity index is 1500. The molecule has 3 aromatic carbocycles. The highest BCUT2D eigenvalue weighted by Crippen LogP contribution is 2.39. The number of esters is 1. The van der Waals surface area contributed by atoms with Crippen LogP contribution in [0.5, 0.6) is 23.0 Å². The van der Waals surface area contributed by atoms with Crippen molar-refractivity contribution in [1.82, 2.24) is 5.43 Å². The van der Waals surface area contributed by atoms with Crippen molar-refractivity contribution in [2.24, 2.45) is 10.5 Å². The first-order chi connectivity index (χ1) is 19.9. The van der Waals surface area contributed by atoms with Gasteiger partial charge in [0.05, 0.1) is 38.0 Å². The Morgan fingerprint density at radius 1 is 0.881 bits per heavy atom. The molecule has 0 radical (unpaired) electrons. The summed E-state index contributed by atoms with van der Waals surface area (Å²) in [5.74, 6) is -1.49. The van der Waals surface area contributed by atoms with Gasteiger partial charge in [-0.15, -0.1) is 0 Å². The Kier molecular flexibility index (Phi) is 9.81. The van der Waals surface area contributed by atoms with E-state index in [1.165, 1.54) is 57.7 Å². The number of benzene rings is 3. The third kappa shape index (κ3) is 7.38. The Labute approximate surface area is 241 Å². The third-order valence-electron chi connectivity index (χ3n) is 5.77. The summed E-state index contributed by atoms with van der Waals surface area (Å²) in [5, 5.41) is 18.3. The number of carbonyl (C=O) groups excluding carboxylic acids is 3. The lowest BCUT2D eigenvalue weighted by molar-refractivity contribution is -0.385. The highest BCUT2D eigenvalue weighted by molar-refractivity contribution is 5.98. The smallest absolute Gasteiger partial charge is 0.344 e.